The lowest BCUT2D eigenvalue weighted by atomic mass is 9.75. The molecule has 1 atom stereocenters. The fourth-order valence-corrected chi connectivity index (χ4v) is 3.82. The van der Waals surface area contributed by atoms with Gasteiger partial charge in [-0.3, -0.25) is 4.90 Å². The first-order chi connectivity index (χ1) is 8.70. The molecule has 2 N–H and O–H groups in total. The summed E-state index contributed by atoms with van der Waals surface area (Å²) in [6, 6.07) is 0. The molecule has 1 saturated carbocycles. The number of nitrogens with two attached hydrogens (primary N) is 1. The Balaban J connectivity index is 1.98. The largest absolute Gasteiger partial charge is 0.384 e. The van der Waals surface area contributed by atoms with Crippen LogP contribution in [0.1, 0.15) is 45.4 Å². The van der Waals surface area contributed by atoms with Crippen molar-refractivity contribution in [3.63, 3.8) is 0 Å². The number of rotatable bonds is 4. The van der Waals surface area contributed by atoms with Crippen molar-refractivity contribution in [3.8, 4) is 0 Å². The van der Waals surface area contributed by atoms with Gasteiger partial charge in [0.2, 0.25) is 0 Å². The molecule has 1 heterocycles. The Morgan fingerprint density at radius 1 is 1.28 bits per heavy atom. The first-order valence-corrected chi connectivity index (χ1v) is 7.64. The number of hydrogen-bond acceptors (Lipinski definition) is 3. The van der Waals surface area contributed by atoms with Crippen LogP contribution in [-0.4, -0.2) is 43.8 Å². The van der Waals surface area contributed by atoms with Gasteiger partial charge < -0.3 is 10.5 Å². The molecule has 0 bridgehead atoms. The molecule has 0 radical (unpaired) electrons. The quantitative estimate of drug-likeness (QED) is 0.836. The lowest BCUT2D eigenvalue weighted by Gasteiger charge is -2.50. The molecule has 2 aliphatic rings. The van der Waals surface area contributed by atoms with Crippen LogP contribution in [0.3, 0.4) is 0 Å². The van der Waals surface area contributed by atoms with Crippen molar-refractivity contribution in [2.24, 2.45) is 17.6 Å². The maximum atomic E-state index is 6.16. The molecule has 0 aromatic carbocycles. The van der Waals surface area contributed by atoms with Crippen molar-refractivity contribution in [1.29, 1.82) is 0 Å². The molecule has 2 fully saturated rings. The Morgan fingerprint density at radius 2 is 2.00 bits per heavy atom. The van der Waals surface area contributed by atoms with E-state index in [-0.39, 0.29) is 0 Å². The van der Waals surface area contributed by atoms with E-state index in [1.807, 2.05) is 7.11 Å². The van der Waals surface area contributed by atoms with Gasteiger partial charge in [-0.2, -0.15) is 0 Å². The SMILES string of the molecule is COCC1CCCN(C2(CN)CCC(C)CC2)C1. The molecule has 1 aliphatic carbocycles. The molecule has 18 heavy (non-hydrogen) atoms. The molecule has 1 saturated heterocycles. The Morgan fingerprint density at radius 3 is 2.61 bits per heavy atom. The van der Waals surface area contributed by atoms with Gasteiger partial charge in [0.1, 0.15) is 0 Å². The summed E-state index contributed by atoms with van der Waals surface area (Å²) in [4.78, 5) is 2.70. The van der Waals surface area contributed by atoms with Gasteiger partial charge in [-0.25, -0.2) is 0 Å². The van der Waals surface area contributed by atoms with E-state index >= 15 is 0 Å². The molecule has 0 spiro atoms. The fraction of sp³-hybridized carbons (Fsp3) is 1.00. The van der Waals surface area contributed by atoms with Gasteiger partial charge in [-0.15, -0.1) is 0 Å². The van der Waals surface area contributed by atoms with E-state index in [0.717, 1.165) is 19.1 Å². The normalized spacial score (nSPS) is 38.8. The van der Waals surface area contributed by atoms with Crippen molar-refractivity contribution in [1.82, 2.24) is 4.90 Å². The standard InChI is InChI=1S/C15H30N2O/c1-13-5-7-15(12-16,8-6-13)17-9-3-4-14(10-17)11-18-2/h13-14H,3-12,16H2,1-2H3. The van der Waals surface area contributed by atoms with Crippen LogP contribution in [0.2, 0.25) is 0 Å². The number of ether oxygens (including phenoxy) is 1. The second kappa shape index (κ2) is 6.36. The lowest BCUT2D eigenvalue weighted by molar-refractivity contribution is -0.00429. The molecule has 1 unspecified atom stereocenters. The predicted octanol–water partition coefficient (Wildman–Crippen LogP) is 2.25. The zero-order chi connectivity index (χ0) is 13.0. The van der Waals surface area contributed by atoms with Gasteiger partial charge in [-0.05, 0) is 56.9 Å². The van der Waals surface area contributed by atoms with E-state index in [4.69, 9.17) is 10.5 Å². The van der Waals surface area contributed by atoms with Crippen molar-refractivity contribution in [2.45, 2.75) is 51.0 Å². The molecular formula is C15H30N2O. The highest BCUT2D eigenvalue weighted by atomic mass is 16.5. The van der Waals surface area contributed by atoms with Crippen molar-refractivity contribution in [2.75, 3.05) is 33.4 Å². The zero-order valence-electron chi connectivity index (χ0n) is 12.2. The van der Waals surface area contributed by atoms with E-state index in [2.05, 4.69) is 11.8 Å². The van der Waals surface area contributed by atoms with Crippen LogP contribution in [0.5, 0.6) is 0 Å². The third-order valence-electron chi connectivity index (χ3n) is 5.18. The highest BCUT2D eigenvalue weighted by molar-refractivity contribution is 4.97. The van der Waals surface area contributed by atoms with Gasteiger partial charge in [0, 0.05) is 25.7 Å². The van der Waals surface area contributed by atoms with E-state index in [0.29, 0.717) is 11.5 Å². The van der Waals surface area contributed by atoms with Crippen LogP contribution in [0.15, 0.2) is 0 Å². The Kier molecular flexibility index (Phi) is 5.05. The summed E-state index contributed by atoms with van der Waals surface area (Å²) >= 11 is 0. The molecular weight excluding hydrogens is 224 g/mol. The van der Waals surface area contributed by atoms with Crippen LogP contribution in [0.4, 0.5) is 0 Å². The fourth-order valence-electron chi connectivity index (χ4n) is 3.82. The molecule has 1 aliphatic heterocycles. The minimum absolute atomic E-state index is 0.304. The number of likely N-dealkylation sites (tertiary alicyclic amines) is 1. The summed E-state index contributed by atoms with van der Waals surface area (Å²) in [6.07, 6.45) is 7.92. The maximum absolute atomic E-state index is 6.16. The van der Waals surface area contributed by atoms with Gasteiger partial charge in [0.25, 0.3) is 0 Å². The highest BCUT2D eigenvalue weighted by Crippen LogP contribution is 2.37. The van der Waals surface area contributed by atoms with Gasteiger partial charge >= 0.3 is 0 Å². The summed E-state index contributed by atoms with van der Waals surface area (Å²) in [5, 5.41) is 0. The van der Waals surface area contributed by atoms with Gasteiger partial charge in [0.15, 0.2) is 0 Å². The molecule has 0 aromatic heterocycles. The molecule has 0 amide bonds. The average Bonchev–Trinajstić information content (AvgIpc) is 2.41. The minimum atomic E-state index is 0.304. The van der Waals surface area contributed by atoms with Crippen LogP contribution < -0.4 is 5.73 Å². The number of nitrogens with zero attached hydrogens (tertiary/aromatic N) is 1. The average molecular weight is 254 g/mol. The summed E-state index contributed by atoms with van der Waals surface area (Å²) in [6.45, 7) is 6.56. The number of hydrogen-bond donors (Lipinski definition) is 1. The van der Waals surface area contributed by atoms with Gasteiger partial charge in [-0.1, -0.05) is 6.92 Å². The smallest absolute Gasteiger partial charge is 0.0502 e. The van der Waals surface area contributed by atoms with Crippen molar-refractivity contribution >= 4 is 0 Å². The summed E-state index contributed by atoms with van der Waals surface area (Å²) in [5.74, 6) is 1.61. The number of methoxy groups -OCH3 is 1. The van der Waals surface area contributed by atoms with Gasteiger partial charge in [0.05, 0.1) is 6.61 Å². The first-order valence-electron chi connectivity index (χ1n) is 7.64. The van der Waals surface area contributed by atoms with Crippen molar-refractivity contribution in [3.05, 3.63) is 0 Å². The topological polar surface area (TPSA) is 38.5 Å². The second-order valence-corrected chi connectivity index (χ2v) is 6.52. The molecule has 3 heteroatoms. The number of piperidine rings is 1. The zero-order valence-corrected chi connectivity index (χ0v) is 12.2. The molecule has 3 nitrogen and oxygen atoms in total. The molecule has 106 valence electrons. The molecule has 0 aromatic rings. The van der Waals surface area contributed by atoms with Crippen LogP contribution in [0, 0.1) is 11.8 Å². The Hall–Kier alpha value is -0.120. The van der Waals surface area contributed by atoms with E-state index in [9.17, 15) is 0 Å². The summed E-state index contributed by atoms with van der Waals surface area (Å²) in [7, 11) is 1.82. The third kappa shape index (κ3) is 3.06. The predicted molar refractivity (Wildman–Crippen MR) is 75.6 cm³/mol. The Bertz CT molecular complexity index is 247. The molecule has 2 rings (SSSR count). The van der Waals surface area contributed by atoms with Crippen LogP contribution in [-0.2, 0) is 4.74 Å². The van der Waals surface area contributed by atoms with E-state index in [1.54, 1.807) is 0 Å². The lowest BCUT2D eigenvalue weighted by Crippen LogP contribution is -2.58. The second-order valence-electron chi connectivity index (χ2n) is 6.52. The van der Waals surface area contributed by atoms with Crippen LogP contribution >= 0.6 is 0 Å². The summed E-state index contributed by atoms with van der Waals surface area (Å²) in [5.41, 5.74) is 6.47. The minimum Gasteiger partial charge on any atom is -0.384 e. The maximum Gasteiger partial charge on any atom is 0.0502 e. The third-order valence-corrected chi connectivity index (χ3v) is 5.18. The Labute approximate surface area is 112 Å². The van der Waals surface area contributed by atoms with Crippen LogP contribution in [0.25, 0.3) is 0 Å². The monoisotopic (exact) mass is 254 g/mol. The van der Waals surface area contributed by atoms with E-state index in [1.165, 1.54) is 51.6 Å². The summed E-state index contributed by atoms with van der Waals surface area (Å²) < 4.78 is 5.34. The first kappa shape index (κ1) is 14.3. The van der Waals surface area contributed by atoms with Crippen molar-refractivity contribution < 1.29 is 4.74 Å². The van der Waals surface area contributed by atoms with E-state index < -0.39 is 0 Å². The highest BCUT2D eigenvalue weighted by Gasteiger charge is 2.40.